The van der Waals surface area contributed by atoms with Crippen molar-refractivity contribution in [1.29, 1.82) is 0 Å². The van der Waals surface area contributed by atoms with E-state index < -0.39 is 59.0 Å². The van der Waals surface area contributed by atoms with Crippen LogP contribution in [-0.2, 0) is 98.0 Å². The van der Waals surface area contributed by atoms with Crippen LogP contribution in [-0.4, -0.2) is 316 Å². The van der Waals surface area contributed by atoms with Gasteiger partial charge in [0.05, 0.1) is 103 Å². The molecule has 6 aromatic rings. The molecule has 0 saturated carbocycles. The molecule has 6 atom stereocenters. The van der Waals surface area contributed by atoms with Crippen molar-refractivity contribution in [2.24, 2.45) is 0 Å². The molecule has 6 aliphatic rings. The summed E-state index contributed by atoms with van der Waals surface area (Å²) in [6.45, 7) is 57.4. The van der Waals surface area contributed by atoms with Gasteiger partial charge in [0, 0.05) is 216 Å². The van der Waals surface area contributed by atoms with Crippen molar-refractivity contribution >= 4 is 59.0 Å². The minimum absolute atomic E-state index is 0. The first kappa shape index (κ1) is 109. The van der Waals surface area contributed by atoms with Gasteiger partial charge in [-0.3, -0.25) is 29.4 Å². The summed E-state index contributed by atoms with van der Waals surface area (Å²) in [5.41, 5.74) is 5.80. The van der Waals surface area contributed by atoms with Gasteiger partial charge in [-0.25, -0.2) is 80.4 Å². The van der Waals surface area contributed by atoms with E-state index in [-0.39, 0.29) is 136 Å². The van der Waals surface area contributed by atoms with Crippen LogP contribution >= 0.6 is 0 Å². The number of rotatable bonds is 12. The lowest BCUT2D eigenvalue weighted by Crippen LogP contribution is -2.55. The van der Waals surface area contributed by atoms with Crippen LogP contribution in [0.15, 0.2) is 68.8 Å². The molecular weight excluding hydrogens is 1620 g/mol. The highest BCUT2D eigenvalue weighted by Gasteiger charge is 2.43. The lowest BCUT2D eigenvalue weighted by Gasteiger charge is -2.41. The van der Waals surface area contributed by atoms with Gasteiger partial charge in [0.1, 0.15) is 5.82 Å². The Labute approximate surface area is 714 Å². The van der Waals surface area contributed by atoms with Crippen molar-refractivity contribution in [3.05, 3.63) is 109 Å². The monoisotopic (exact) mass is 1780 g/mol. The topological polar surface area (TPSA) is 353 Å². The quantitative estimate of drug-likeness (QED) is 0.115. The SMILES string of the molecule is C.C.C.C.C.CC(C)(C)N1CCS(=O)(=O)C(Cc2cnc[nH]2)C1.Cc1[nH]cnc1CC1CN(C(C)(C)C)CCS1(=O)=O.Cc1cncn1CC1CN(C(C)(C)C)CCS1(=O)=O.Cc1cncn1C[C@@H]1CN(C(C)(C)C)CCS1(=O)=O.Cc1cncn1C[C@H]1CN(C(C)(C)C)CCS1(=O)=O.Cc1nccn1CC1CN(C(C)(C)C)CCS1(=O)=O. The molecule has 12 heterocycles. The maximum Gasteiger partial charge on any atom is 0.157 e. The van der Waals surface area contributed by atoms with Crippen LogP contribution in [0.3, 0.4) is 0 Å². The van der Waals surface area contributed by atoms with Crippen LogP contribution in [0.2, 0.25) is 0 Å². The van der Waals surface area contributed by atoms with Crippen molar-refractivity contribution in [1.82, 2.24) is 87.5 Å². The molecule has 12 rings (SSSR count). The van der Waals surface area contributed by atoms with Gasteiger partial charge in [-0.1, -0.05) is 37.1 Å². The van der Waals surface area contributed by atoms with E-state index in [2.05, 4.69) is 194 Å². The molecule has 0 amide bonds. The number of hydrogen-bond donors (Lipinski definition) is 2. The maximum atomic E-state index is 12.2. The Balaban J connectivity index is 0.000000476. The number of hydrogen-bond acceptors (Lipinski definition) is 24. The second kappa shape index (κ2) is 42.9. The van der Waals surface area contributed by atoms with Gasteiger partial charge in [-0.2, -0.15) is 0 Å². The zero-order chi connectivity index (χ0) is 84.7. The summed E-state index contributed by atoms with van der Waals surface area (Å²) in [5, 5.41) is -2.03. The van der Waals surface area contributed by atoms with Crippen LogP contribution in [0, 0.1) is 34.6 Å². The Morgan fingerprint density at radius 1 is 0.331 bits per heavy atom. The van der Waals surface area contributed by atoms with Gasteiger partial charge >= 0.3 is 0 Å². The van der Waals surface area contributed by atoms with Crippen molar-refractivity contribution in [2.75, 3.05) is 113 Å². The second-order valence-electron chi connectivity index (χ2n) is 37.3. The number of H-pyrrole nitrogens is 2. The molecular formula is C82H156N18O12S6. The Bertz CT molecular complexity index is 4160. The zero-order valence-electron chi connectivity index (χ0n) is 71.8. The Morgan fingerprint density at radius 3 is 0.814 bits per heavy atom. The summed E-state index contributed by atoms with van der Waals surface area (Å²) in [5.74, 6) is 2.38. The fourth-order valence-corrected chi connectivity index (χ4v) is 24.2. The number of aromatic amines is 2. The molecule has 118 heavy (non-hydrogen) atoms. The first-order valence-corrected chi connectivity index (χ1v) is 49.7. The molecule has 0 bridgehead atoms. The summed E-state index contributed by atoms with van der Waals surface area (Å²) >= 11 is 0. The van der Waals surface area contributed by atoms with Gasteiger partial charge in [0.15, 0.2) is 59.0 Å². The van der Waals surface area contributed by atoms with E-state index in [0.29, 0.717) is 118 Å². The number of sulfone groups is 6. The number of nitrogens with zero attached hydrogens (tertiary/aromatic N) is 16. The van der Waals surface area contributed by atoms with Gasteiger partial charge in [-0.05, 0) is 159 Å². The molecule has 6 aliphatic heterocycles. The second-order valence-corrected chi connectivity index (χ2v) is 51.7. The van der Waals surface area contributed by atoms with E-state index in [0.717, 1.165) is 40.0 Å². The molecule has 0 radical (unpaired) electrons. The predicted molar refractivity (Wildman–Crippen MR) is 484 cm³/mol. The van der Waals surface area contributed by atoms with Crippen LogP contribution < -0.4 is 0 Å². The van der Waals surface area contributed by atoms with Crippen molar-refractivity contribution in [3.8, 4) is 0 Å². The summed E-state index contributed by atoms with van der Waals surface area (Å²) < 4.78 is 154. The van der Waals surface area contributed by atoms with Crippen LogP contribution in [0.1, 0.15) is 202 Å². The van der Waals surface area contributed by atoms with Gasteiger partial charge in [0.25, 0.3) is 0 Å². The molecule has 0 aromatic carbocycles. The van der Waals surface area contributed by atoms with Crippen molar-refractivity contribution in [2.45, 2.75) is 300 Å². The third kappa shape index (κ3) is 30.9. The third-order valence-corrected chi connectivity index (χ3v) is 35.2. The Morgan fingerprint density at radius 2 is 0.593 bits per heavy atom. The first-order valence-electron chi connectivity index (χ1n) is 39.4. The molecule has 0 aliphatic carbocycles. The largest absolute Gasteiger partial charge is 0.348 e. The van der Waals surface area contributed by atoms with E-state index in [1.54, 1.807) is 62.6 Å². The molecule has 2 N–H and O–H groups in total. The third-order valence-electron chi connectivity index (χ3n) is 22.8. The molecule has 0 spiro atoms. The highest BCUT2D eigenvalue weighted by atomic mass is 32.2. The number of aromatic nitrogens is 12. The molecule has 30 nitrogen and oxygen atoms in total. The molecule has 36 heteroatoms. The van der Waals surface area contributed by atoms with E-state index in [1.807, 2.05) is 59.1 Å². The molecule has 6 fully saturated rings. The predicted octanol–water partition coefficient (Wildman–Crippen LogP) is 9.54. The highest BCUT2D eigenvalue weighted by Crippen LogP contribution is 2.30. The summed E-state index contributed by atoms with van der Waals surface area (Å²) in [7, 11) is -18.0. The number of aryl methyl sites for hydroxylation is 5. The van der Waals surface area contributed by atoms with Crippen LogP contribution in [0.4, 0.5) is 0 Å². The van der Waals surface area contributed by atoms with Crippen LogP contribution in [0.5, 0.6) is 0 Å². The van der Waals surface area contributed by atoms with Crippen molar-refractivity contribution in [3.63, 3.8) is 0 Å². The maximum absolute atomic E-state index is 12.2. The Hall–Kier alpha value is -5.28. The lowest BCUT2D eigenvalue weighted by atomic mass is 10.0. The molecule has 6 aromatic heterocycles. The number of imidazole rings is 6. The van der Waals surface area contributed by atoms with E-state index in [9.17, 15) is 50.5 Å². The molecule has 4 unspecified atom stereocenters. The number of nitrogens with one attached hydrogen (secondary N) is 2. The van der Waals surface area contributed by atoms with E-state index in [1.165, 1.54) is 0 Å². The summed E-state index contributed by atoms with van der Waals surface area (Å²) in [6.07, 6.45) is 19.9. The fourth-order valence-electron chi connectivity index (χ4n) is 14.5. The average Bonchev–Trinajstić information content (AvgIpc) is 1.32. The van der Waals surface area contributed by atoms with Gasteiger partial charge in [0.2, 0.25) is 0 Å². The minimum atomic E-state index is -3.01. The highest BCUT2D eigenvalue weighted by molar-refractivity contribution is 7.93. The molecule has 6 saturated heterocycles. The van der Waals surface area contributed by atoms with Gasteiger partial charge < -0.3 is 28.2 Å². The minimum Gasteiger partial charge on any atom is -0.348 e. The summed E-state index contributed by atoms with van der Waals surface area (Å²) in [4.78, 5) is 44.0. The van der Waals surface area contributed by atoms with Crippen LogP contribution in [0.25, 0.3) is 0 Å². The normalized spacial score (nSPS) is 23.6. The van der Waals surface area contributed by atoms with Crippen molar-refractivity contribution < 1.29 is 50.5 Å². The standard InChI is InChI=1S/5C13H23N3O2S.C12H21N3O2S.5CH4/c3*1-11-7-14-10-15(11)8-12-9-16(13(2,3)4)5-6-19(12,17)18;1-10-12(15-9-14-10)7-11-8-16(13(2,3)4)5-6-19(11,17)18;1-11-14-5-6-15(11)9-12-10-16(13(2,3)4)7-8-19(12,17)18;1-12(2,3)15-4-5-18(16,17)11(8-15)6-10-7-13-9-14-10;;;;;/h3*7,10,12H,5-6,8-9H2,1-4H3;9,11H,5-8H2,1-4H3,(H,14,15);5-6,12H,7-10H2,1-4H3;7,9,11H,4-6,8H2,1-3H3,(H,13,14);5*1H4/t2*12-;;;;;;;;;/m10........./s1. The fraction of sp³-hybridized carbons (Fsp3) is 0.780. The average molecular weight is 1780 g/mol. The summed E-state index contributed by atoms with van der Waals surface area (Å²) in [6, 6.07) is 0. The molecule has 682 valence electrons. The lowest BCUT2D eigenvalue weighted by molar-refractivity contribution is 0.135. The van der Waals surface area contributed by atoms with E-state index in [4.69, 9.17) is 0 Å². The Kier molecular flexibility index (Phi) is 39.5. The first-order chi connectivity index (χ1) is 51.8. The van der Waals surface area contributed by atoms with E-state index >= 15 is 0 Å². The zero-order valence-corrected chi connectivity index (χ0v) is 76.7. The van der Waals surface area contributed by atoms with Gasteiger partial charge in [-0.15, -0.1) is 0 Å². The smallest absolute Gasteiger partial charge is 0.157 e.